The van der Waals surface area contributed by atoms with E-state index in [1.807, 2.05) is 30.5 Å². The molecule has 0 saturated carbocycles. The third-order valence-electron chi connectivity index (χ3n) is 9.00. The van der Waals surface area contributed by atoms with E-state index in [1.54, 1.807) is 7.11 Å². The molecular weight excluding hydrogens is 500 g/mol. The minimum absolute atomic E-state index is 0.433. The minimum atomic E-state index is -0.479. The molecule has 2 aliphatic rings. The summed E-state index contributed by atoms with van der Waals surface area (Å²) in [5, 5.41) is 0. The largest absolute Gasteiger partial charge is 0.496 e. The van der Waals surface area contributed by atoms with E-state index >= 15 is 0 Å². The van der Waals surface area contributed by atoms with Crippen LogP contribution in [0.25, 0.3) is 11.3 Å². The van der Waals surface area contributed by atoms with Gasteiger partial charge in [-0.2, -0.15) is 0 Å². The smallest absolute Gasteiger partial charge is 0.494 e. The average Bonchev–Trinajstić information content (AvgIpc) is 3.27. The highest BCUT2D eigenvalue weighted by Gasteiger charge is 2.54. The maximum absolute atomic E-state index is 6.43. The monoisotopic (exact) mass is 541 g/mol. The zero-order valence-corrected chi connectivity index (χ0v) is 25.3. The van der Waals surface area contributed by atoms with E-state index in [0.29, 0.717) is 0 Å². The van der Waals surface area contributed by atoms with Gasteiger partial charge in [0.25, 0.3) is 0 Å². The number of rotatable bonds is 7. The van der Waals surface area contributed by atoms with Gasteiger partial charge >= 0.3 is 14.2 Å². The van der Waals surface area contributed by atoms with E-state index in [0.717, 1.165) is 51.9 Å². The minimum Gasteiger partial charge on any atom is -0.496 e. The molecule has 0 unspecified atom stereocenters. The van der Waals surface area contributed by atoms with Crippen molar-refractivity contribution in [2.75, 3.05) is 7.11 Å². The van der Waals surface area contributed by atoms with Crippen molar-refractivity contribution in [1.82, 2.24) is 4.98 Å². The number of benzene rings is 2. The third-order valence-corrected chi connectivity index (χ3v) is 9.00. The molecule has 0 spiro atoms. The van der Waals surface area contributed by atoms with Crippen molar-refractivity contribution in [2.24, 2.45) is 0 Å². The summed E-state index contributed by atoms with van der Waals surface area (Å²) >= 11 is 0. The summed E-state index contributed by atoms with van der Waals surface area (Å²) in [6.07, 6.45) is 3.47. The number of pyridine rings is 1. The zero-order chi connectivity index (χ0) is 28.9. The molecule has 0 amide bonds. The summed E-state index contributed by atoms with van der Waals surface area (Å²) in [7, 11) is 0.753. The van der Waals surface area contributed by atoms with Crippen molar-refractivity contribution in [3.63, 3.8) is 0 Å². The first-order valence-corrected chi connectivity index (χ1v) is 14.1. The maximum Gasteiger partial charge on any atom is 0.494 e. The van der Waals surface area contributed by atoms with E-state index in [2.05, 4.69) is 85.7 Å². The van der Waals surface area contributed by atoms with Crippen molar-refractivity contribution in [3.05, 3.63) is 71.9 Å². The van der Waals surface area contributed by atoms with Gasteiger partial charge in [-0.25, -0.2) is 0 Å². The fourth-order valence-electron chi connectivity index (χ4n) is 5.01. The molecule has 2 saturated heterocycles. The van der Waals surface area contributed by atoms with Crippen LogP contribution >= 0.6 is 0 Å². The summed E-state index contributed by atoms with van der Waals surface area (Å²) in [5.41, 5.74) is 4.36. The first kappa shape index (κ1) is 28.9. The first-order valence-electron chi connectivity index (χ1n) is 14.1. The molecule has 0 bridgehead atoms. The highest BCUT2D eigenvalue weighted by atomic mass is 16.7. The number of hydrogen-bond acceptors (Lipinski definition) is 6. The molecule has 8 heteroatoms. The number of aryl methyl sites for hydroxylation is 2. The fraction of sp³-hybridized carbons (Fsp3) is 0.469. The Labute approximate surface area is 240 Å². The Balaban J connectivity index is 1.45. The van der Waals surface area contributed by atoms with Crippen molar-refractivity contribution in [1.29, 1.82) is 0 Å². The lowest BCUT2D eigenvalue weighted by Gasteiger charge is -2.32. The van der Waals surface area contributed by atoms with E-state index in [-0.39, 0.29) is 0 Å². The molecule has 0 radical (unpaired) electrons. The molecule has 6 nitrogen and oxygen atoms in total. The van der Waals surface area contributed by atoms with Gasteiger partial charge < -0.3 is 23.4 Å². The average molecular weight is 541 g/mol. The van der Waals surface area contributed by atoms with Crippen LogP contribution in [0.4, 0.5) is 0 Å². The number of aromatic nitrogens is 1. The zero-order valence-electron chi connectivity index (χ0n) is 25.3. The maximum atomic E-state index is 6.43. The molecule has 40 heavy (non-hydrogen) atoms. The van der Waals surface area contributed by atoms with E-state index < -0.39 is 36.6 Å². The summed E-state index contributed by atoms with van der Waals surface area (Å²) in [6, 6.07) is 18.6. The summed E-state index contributed by atoms with van der Waals surface area (Å²) in [4.78, 5) is 4.73. The topological polar surface area (TPSA) is 59.0 Å². The van der Waals surface area contributed by atoms with Gasteiger partial charge in [0.05, 0.1) is 35.2 Å². The van der Waals surface area contributed by atoms with E-state index in [1.165, 1.54) is 0 Å². The summed E-state index contributed by atoms with van der Waals surface area (Å²) in [5.74, 6) is 0.835. The van der Waals surface area contributed by atoms with Crippen molar-refractivity contribution in [2.45, 2.75) is 90.6 Å². The highest BCUT2D eigenvalue weighted by Crippen LogP contribution is 2.38. The van der Waals surface area contributed by atoms with Gasteiger partial charge in [-0.1, -0.05) is 48.5 Å². The molecule has 2 aliphatic heterocycles. The van der Waals surface area contributed by atoms with E-state index in [9.17, 15) is 0 Å². The molecule has 0 N–H and O–H groups in total. The van der Waals surface area contributed by atoms with Crippen LogP contribution in [-0.4, -0.2) is 48.7 Å². The lowest BCUT2D eigenvalue weighted by Crippen LogP contribution is -2.41. The van der Waals surface area contributed by atoms with Crippen LogP contribution in [0.1, 0.15) is 66.5 Å². The molecule has 3 heterocycles. The van der Waals surface area contributed by atoms with Crippen molar-refractivity contribution < 1.29 is 23.4 Å². The number of ether oxygens (including phenoxy) is 1. The van der Waals surface area contributed by atoms with Crippen LogP contribution in [0.2, 0.25) is 0 Å². The van der Waals surface area contributed by atoms with Gasteiger partial charge in [0.2, 0.25) is 0 Å². The Hall–Kier alpha value is -2.64. The lowest BCUT2D eigenvalue weighted by atomic mass is 9.70. The quantitative estimate of drug-likeness (QED) is 0.387. The molecule has 0 aliphatic carbocycles. The van der Waals surface area contributed by atoms with Crippen LogP contribution in [0.5, 0.6) is 5.75 Å². The van der Waals surface area contributed by atoms with Gasteiger partial charge in [0.15, 0.2) is 0 Å². The highest BCUT2D eigenvalue weighted by molar-refractivity contribution is 6.66. The van der Waals surface area contributed by atoms with Gasteiger partial charge in [0.1, 0.15) is 5.75 Å². The van der Waals surface area contributed by atoms with Gasteiger partial charge in [-0.15, -0.1) is 0 Å². The standard InChI is InChI=1S/C32H41B2NO5/c1-29(2)30(3,4)38-33(37-29)25-17-22(18-26(19-25)34-39-31(5,6)32(7,8)40-34)15-16-24-21-35-27(20-28(24)36-9)23-13-11-10-12-14-23/h10-14,17-21H,15-16H2,1-9H3. The summed E-state index contributed by atoms with van der Waals surface area (Å²) < 4.78 is 31.5. The molecule has 0 atom stereocenters. The molecule has 5 rings (SSSR count). The first-order chi connectivity index (χ1) is 18.7. The second-order valence-electron chi connectivity index (χ2n) is 12.9. The predicted octanol–water partition coefficient (Wildman–Crippen LogP) is 5.14. The number of nitrogens with zero attached hydrogens (tertiary/aromatic N) is 1. The predicted molar refractivity (Wildman–Crippen MR) is 162 cm³/mol. The Bertz CT molecular complexity index is 1290. The molecule has 3 aromatic rings. The van der Waals surface area contributed by atoms with Crippen LogP contribution in [0.3, 0.4) is 0 Å². The van der Waals surface area contributed by atoms with Crippen molar-refractivity contribution >= 4 is 25.2 Å². The molecular formula is C32H41B2NO5. The fourth-order valence-corrected chi connectivity index (χ4v) is 5.01. The Morgan fingerprint density at radius 1 is 0.675 bits per heavy atom. The molecule has 210 valence electrons. The van der Waals surface area contributed by atoms with Crippen molar-refractivity contribution in [3.8, 4) is 17.0 Å². The second-order valence-corrected chi connectivity index (χ2v) is 12.9. The Morgan fingerprint density at radius 3 is 1.65 bits per heavy atom. The second kappa shape index (κ2) is 10.3. The summed E-state index contributed by atoms with van der Waals surface area (Å²) in [6.45, 7) is 16.6. The van der Waals surface area contributed by atoms with Gasteiger partial charge in [-0.3, -0.25) is 4.98 Å². The molecule has 1 aromatic heterocycles. The molecule has 2 fully saturated rings. The van der Waals surface area contributed by atoms with Gasteiger partial charge in [0, 0.05) is 23.4 Å². The third kappa shape index (κ3) is 5.47. The van der Waals surface area contributed by atoms with Crippen LogP contribution in [0, 0.1) is 0 Å². The molecule has 2 aromatic carbocycles. The van der Waals surface area contributed by atoms with Crippen LogP contribution in [0.15, 0.2) is 60.8 Å². The Morgan fingerprint density at radius 2 is 1.18 bits per heavy atom. The van der Waals surface area contributed by atoms with E-state index in [4.69, 9.17) is 28.3 Å². The number of hydrogen-bond donors (Lipinski definition) is 0. The lowest BCUT2D eigenvalue weighted by molar-refractivity contribution is 0.00578. The van der Waals surface area contributed by atoms with Crippen LogP contribution < -0.4 is 15.7 Å². The SMILES string of the molecule is COc1cc(-c2ccccc2)ncc1CCc1cc(B2OC(C)(C)C(C)(C)O2)cc(B2OC(C)(C)C(C)(C)O2)c1. The Kier molecular flexibility index (Phi) is 7.45. The van der Waals surface area contributed by atoms with Gasteiger partial charge in [-0.05, 0) is 84.7 Å². The number of methoxy groups -OCH3 is 1. The van der Waals surface area contributed by atoms with Crippen LogP contribution in [-0.2, 0) is 31.5 Å². The normalized spacial score (nSPS) is 20.6.